The third-order valence-corrected chi connectivity index (χ3v) is 6.54. The van der Waals surface area contributed by atoms with Gasteiger partial charge in [0.2, 0.25) is 5.91 Å². The van der Waals surface area contributed by atoms with E-state index in [-0.39, 0.29) is 24.4 Å². The maximum atomic E-state index is 13.8. The second kappa shape index (κ2) is 10.1. The van der Waals surface area contributed by atoms with Gasteiger partial charge in [-0.05, 0) is 49.1 Å². The molecule has 2 amide bonds. The van der Waals surface area contributed by atoms with Crippen LogP contribution < -0.4 is 10.2 Å². The lowest BCUT2D eigenvalue weighted by atomic mass is 9.87. The summed E-state index contributed by atoms with van der Waals surface area (Å²) in [4.78, 5) is 40.6. The fourth-order valence-corrected chi connectivity index (χ4v) is 4.84. The van der Waals surface area contributed by atoms with Gasteiger partial charge in [-0.2, -0.15) is 0 Å². The number of aryl methyl sites for hydroxylation is 1. The van der Waals surface area contributed by atoms with Crippen molar-refractivity contribution in [2.24, 2.45) is 5.92 Å². The van der Waals surface area contributed by atoms with E-state index >= 15 is 0 Å². The molecule has 4 rings (SSSR count). The van der Waals surface area contributed by atoms with Gasteiger partial charge in [0.05, 0.1) is 17.6 Å². The minimum Gasteiger partial charge on any atom is -0.455 e. The summed E-state index contributed by atoms with van der Waals surface area (Å²) in [5, 5.41) is 4.13. The summed E-state index contributed by atoms with van der Waals surface area (Å²) in [6, 6.07) is 13.3. The smallest absolute Gasteiger partial charge is 0.311 e. The molecule has 2 heterocycles. The van der Waals surface area contributed by atoms with Gasteiger partial charge in [-0.1, -0.05) is 23.8 Å². The van der Waals surface area contributed by atoms with E-state index in [9.17, 15) is 23.2 Å². The molecule has 2 atom stereocenters. The summed E-state index contributed by atoms with van der Waals surface area (Å²) in [6.45, 7) is 1.31. The van der Waals surface area contributed by atoms with E-state index in [1.54, 1.807) is 4.90 Å². The van der Waals surface area contributed by atoms with E-state index in [1.807, 2.05) is 48.7 Å². The molecule has 1 aromatic heterocycles. The molecule has 1 aliphatic heterocycles. The molecule has 0 unspecified atom stereocenters. The Morgan fingerprint density at radius 1 is 1.15 bits per heavy atom. The van der Waals surface area contributed by atoms with Crippen LogP contribution >= 0.6 is 11.3 Å². The van der Waals surface area contributed by atoms with Crippen molar-refractivity contribution in [2.45, 2.75) is 25.8 Å². The second-order valence-electron chi connectivity index (χ2n) is 7.98. The van der Waals surface area contributed by atoms with Gasteiger partial charge in [0, 0.05) is 23.1 Å². The Kier molecular flexibility index (Phi) is 7.02. The van der Waals surface area contributed by atoms with E-state index in [0.29, 0.717) is 11.8 Å². The number of amides is 2. The molecule has 0 bridgehead atoms. The van der Waals surface area contributed by atoms with Crippen molar-refractivity contribution in [1.82, 2.24) is 0 Å². The molecular weight excluding hydrogens is 462 g/mol. The van der Waals surface area contributed by atoms with Crippen LogP contribution in [0.5, 0.6) is 0 Å². The molecule has 2 aromatic carbocycles. The van der Waals surface area contributed by atoms with Crippen LogP contribution in [0.1, 0.15) is 29.3 Å². The molecule has 34 heavy (non-hydrogen) atoms. The largest absolute Gasteiger partial charge is 0.455 e. The van der Waals surface area contributed by atoms with E-state index in [1.165, 1.54) is 11.3 Å². The van der Waals surface area contributed by atoms with Gasteiger partial charge in [0.25, 0.3) is 5.91 Å². The summed E-state index contributed by atoms with van der Waals surface area (Å²) in [7, 11) is 0. The normalized spacial score (nSPS) is 18.0. The molecule has 1 fully saturated rings. The van der Waals surface area contributed by atoms with Crippen molar-refractivity contribution in [3.63, 3.8) is 0 Å². The van der Waals surface area contributed by atoms with Crippen LogP contribution in [0.15, 0.2) is 60.0 Å². The lowest BCUT2D eigenvalue weighted by molar-refractivity contribution is -0.153. The van der Waals surface area contributed by atoms with Crippen LogP contribution in [0.2, 0.25) is 0 Å². The highest BCUT2D eigenvalue weighted by molar-refractivity contribution is 7.10. The van der Waals surface area contributed by atoms with Crippen LogP contribution in [0.3, 0.4) is 0 Å². The molecule has 0 aliphatic carbocycles. The van der Waals surface area contributed by atoms with Crippen LogP contribution in [0, 0.1) is 24.5 Å². The maximum Gasteiger partial charge on any atom is 0.311 e. The Morgan fingerprint density at radius 3 is 2.59 bits per heavy atom. The number of benzene rings is 2. The zero-order chi connectivity index (χ0) is 24.2. The van der Waals surface area contributed by atoms with Crippen LogP contribution in [-0.4, -0.2) is 24.4 Å². The molecule has 0 saturated carbocycles. The number of hydrogen-bond acceptors (Lipinski definition) is 5. The minimum atomic E-state index is -0.933. The Balaban J connectivity index is 1.50. The first-order valence-corrected chi connectivity index (χ1v) is 11.5. The number of piperidine rings is 1. The Bertz CT molecular complexity index is 1200. The van der Waals surface area contributed by atoms with E-state index < -0.39 is 42.1 Å². The number of rotatable bonds is 6. The summed E-state index contributed by atoms with van der Waals surface area (Å²) in [5.74, 6) is -3.88. The number of carbonyl (C=O) groups is 3. The number of nitrogens with zero attached hydrogens (tertiary/aromatic N) is 1. The van der Waals surface area contributed by atoms with Crippen molar-refractivity contribution in [3.8, 4) is 0 Å². The first-order chi connectivity index (χ1) is 16.3. The van der Waals surface area contributed by atoms with E-state index in [0.717, 1.165) is 22.6 Å². The number of hydrogen-bond donors (Lipinski definition) is 1. The van der Waals surface area contributed by atoms with Crippen molar-refractivity contribution < 1.29 is 27.9 Å². The predicted molar refractivity (Wildman–Crippen MR) is 124 cm³/mol. The van der Waals surface area contributed by atoms with Gasteiger partial charge in [0.1, 0.15) is 11.6 Å². The molecular formula is C25H22F2N2O4S. The van der Waals surface area contributed by atoms with Gasteiger partial charge < -0.3 is 15.0 Å². The Hall–Kier alpha value is -3.59. The predicted octanol–water partition coefficient (Wildman–Crippen LogP) is 5.00. The highest BCUT2D eigenvalue weighted by Gasteiger charge is 2.43. The Morgan fingerprint density at radius 2 is 1.91 bits per heavy atom. The number of ether oxygens (including phenoxy) is 1. The maximum absolute atomic E-state index is 13.8. The number of esters is 1. The van der Waals surface area contributed by atoms with Gasteiger partial charge >= 0.3 is 5.97 Å². The third kappa shape index (κ3) is 5.14. The number of nitrogens with one attached hydrogen (secondary N) is 1. The van der Waals surface area contributed by atoms with E-state index in [4.69, 9.17) is 4.74 Å². The van der Waals surface area contributed by atoms with Crippen LogP contribution in [-0.2, 0) is 19.1 Å². The highest BCUT2D eigenvalue weighted by atomic mass is 32.1. The zero-order valence-electron chi connectivity index (χ0n) is 18.3. The lowest BCUT2D eigenvalue weighted by Gasteiger charge is -2.39. The zero-order valence-corrected chi connectivity index (χ0v) is 19.1. The number of thiophene rings is 1. The minimum absolute atomic E-state index is 0.101. The summed E-state index contributed by atoms with van der Waals surface area (Å²) >= 11 is 1.43. The number of carbonyl (C=O) groups excluding carboxylic acids is 3. The average molecular weight is 485 g/mol. The molecule has 1 aliphatic rings. The summed E-state index contributed by atoms with van der Waals surface area (Å²) < 4.78 is 32.1. The SMILES string of the molecule is Cc1ccc(N2C(=O)CC[C@@H](C(=O)OCC(=O)Nc3ccc(F)cc3F)[C@H]2c2cccs2)cc1. The molecule has 3 aromatic rings. The quantitative estimate of drug-likeness (QED) is 0.500. The Labute approximate surface area is 199 Å². The molecule has 176 valence electrons. The first kappa shape index (κ1) is 23.6. The summed E-state index contributed by atoms with van der Waals surface area (Å²) in [6.07, 6.45) is 0.430. The average Bonchev–Trinajstić information content (AvgIpc) is 3.34. The fraction of sp³-hybridized carbons (Fsp3) is 0.240. The number of halogens is 2. The highest BCUT2D eigenvalue weighted by Crippen LogP contribution is 2.42. The lowest BCUT2D eigenvalue weighted by Crippen LogP contribution is -2.46. The third-order valence-electron chi connectivity index (χ3n) is 5.60. The van der Waals surface area contributed by atoms with Gasteiger partial charge in [0.15, 0.2) is 6.61 Å². The van der Waals surface area contributed by atoms with Gasteiger partial charge in [-0.25, -0.2) is 8.78 Å². The molecule has 6 nitrogen and oxygen atoms in total. The van der Waals surface area contributed by atoms with E-state index in [2.05, 4.69) is 5.32 Å². The molecule has 1 saturated heterocycles. The van der Waals surface area contributed by atoms with Crippen molar-refractivity contribution in [3.05, 3.63) is 82.1 Å². The molecule has 0 spiro atoms. The molecule has 0 radical (unpaired) electrons. The first-order valence-electron chi connectivity index (χ1n) is 10.7. The second-order valence-corrected chi connectivity index (χ2v) is 8.96. The van der Waals surface area contributed by atoms with Gasteiger partial charge in [-0.15, -0.1) is 11.3 Å². The van der Waals surface area contributed by atoms with Crippen molar-refractivity contribution in [2.75, 3.05) is 16.8 Å². The van der Waals surface area contributed by atoms with Crippen LogP contribution in [0.25, 0.3) is 0 Å². The topological polar surface area (TPSA) is 75.7 Å². The number of anilines is 2. The standard InChI is InChI=1S/C25H22F2N2O4S/c1-15-4-7-17(8-5-15)29-23(31)11-9-18(24(29)21-3-2-12-34-21)25(32)33-14-22(30)28-20-10-6-16(26)13-19(20)27/h2-8,10,12-13,18,24H,9,11,14H2,1H3,(H,28,30)/t18-,24+/m1/s1. The van der Waals surface area contributed by atoms with Crippen molar-refractivity contribution in [1.29, 1.82) is 0 Å². The van der Waals surface area contributed by atoms with Crippen LogP contribution in [0.4, 0.5) is 20.2 Å². The monoisotopic (exact) mass is 484 g/mol. The molecule has 9 heteroatoms. The molecule has 1 N–H and O–H groups in total. The fourth-order valence-electron chi connectivity index (χ4n) is 3.96. The van der Waals surface area contributed by atoms with Gasteiger partial charge in [-0.3, -0.25) is 14.4 Å². The van der Waals surface area contributed by atoms with Crippen molar-refractivity contribution >= 4 is 40.5 Å². The summed E-state index contributed by atoms with van der Waals surface area (Å²) in [5.41, 5.74) is 1.50.